The van der Waals surface area contributed by atoms with E-state index in [0.717, 1.165) is 25.7 Å². The summed E-state index contributed by atoms with van der Waals surface area (Å²) in [6, 6.07) is 4.09. The molecule has 1 unspecified atom stereocenters. The van der Waals surface area contributed by atoms with E-state index in [2.05, 4.69) is 9.97 Å². The van der Waals surface area contributed by atoms with Gasteiger partial charge in [0, 0.05) is 13.0 Å². The molecule has 2 N–H and O–H groups in total. The number of carbonyl (C=O) groups is 1. The van der Waals surface area contributed by atoms with Crippen LogP contribution in [0.25, 0.3) is 11.0 Å². The van der Waals surface area contributed by atoms with E-state index in [0.29, 0.717) is 22.4 Å². The van der Waals surface area contributed by atoms with Crippen LogP contribution in [-0.4, -0.2) is 57.5 Å². The molecule has 0 spiro atoms. The molecule has 2 amide bonds. The number of benzene rings is 1. The topological polar surface area (TPSA) is 70.2 Å². The third kappa shape index (κ3) is 4.73. The average Bonchev–Trinajstić information content (AvgIpc) is 3.13. The number of rotatable bonds is 6. The Bertz CT molecular complexity index is 968. The van der Waals surface area contributed by atoms with Gasteiger partial charge in [0.2, 0.25) is 0 Å². The second kappa shape index (κ2) is 7.57. The lowest BCUT2D eigenvalue weighted by Gasteiger charge is -2.27. The van der Waals surface area contributed by atoms with Crippen LogP contribution in [0.15, 0.2) is 18.2 Å². The summed E-state index contributed by atoms with van der Waals surface area (Å²) in [4.78, 5) is 20.3. The Hall–Kier alpha value is -2.50. The number of urea groups is 1. The van der Waals surface area contributed by atoms with Crippen molar-refractivity contribution in [3.05, 3.63) is 29.6 Å². The van der Waals surface area contributed by atoms with Crippen molar-refractivity contribution in [1.29, 1.82) is 0 Å². The van der Waals surface area contributed by atoms with Gasteiger partial charge in [-0.15, -0.1) is 0 Å². The van der Waals surface area contributed by atoms with Gasteiger partial charge in [0.15, 0.2) is 11.1 Å². The molecule has 1 aromatic carbocycles. The van der Waals surface area contributed by atoms with Crippen LogP contribution in [0.1, 0.15) is 32.2 Å². The van der Waals surface area contributed by atoms with Crippen LogP contribution in [0.2, 0.25) is 0 Å². The molecule has 1 aromatic heterocycles. The maximum atomic E-state index is 13.2. The number of hydrogen-bond donors (Lipinski definition) is 2. The summed E-state index contributed by atoms with van der Waals surface area (Å²) in [5, 5.41) is 1.98. The fourth-order valence-corrected chi connectivity index (χ4v) is 3.13. The Morgan fingerprint density at radius 1 is 1.19 bits per heavy atom. The fraction of sp³-hybridized carbons (Fsp3) is 0.579. The first-order valence-corrected chi connectivity index (χ1v) is 9.43. The van der Waals surface area contributed by atoms with E-state index in [1.165, 1.54) is 0 Å². The number of hydrogen-bond acceptors (Lipinski definition) is 3. The molecular formula is C19H22F6N4O2. The average molecular weight is 452 g/mol. The first kappa shape index (κ1) is 23.2. The van der Waals surface area contributed by atoms with Gasteiger partial charge in [0.25, 0.3) is 0 Å². The summed E-state index contributed by atoms with van der Waals surface area (Å²) in [5.41, 5.74) is -2.92. The normalized spacial score (nSPS) is 20.5. The second-order valence-electron chi connectivity index (χ2n) is 8.26. The number of halogens is 6. The Kier molecular flexibility index (Phi) is 5.66. The van der Waals surface area contributed by atoms with Gasteiger partial charge in [0.1, 0.15) is 5.82 Å². The number of aromatic nitrogens is 2. The molecule has 31 heavy (non-hydrogen) atoms. The van der Waals surface area contributed by atoms with Crippen LogP contribution >= 0.6 is 0 Å². The zero-order valence-electron chi connectivity index (χ0n) is 17.0. The lowest BCUT2D eigenvalue weighted by Crippen LogP contribution is -2.53. The lowest BCUT2D eigenvalue weighted by molar-refractivity contribution is -0.263. The molecule has 6 nitrogen and oxygen atoms in total. The number of H-pyrrole nitrogens is 1. The van der Waals surface area contributed by atoms with Crippen molar-refractivity contribution >= 4 is 17.1 Å². The van der Waals surface area contributed by atoms with Crippen molar-refractivity contribution in [3.63, 3.8) is 0 Å². The van der Waals surface area contributed by atoms with Gasteiger partial charge < -0.3 is 19.9 Å². The van der Waals surface area contributed by atoms with Crippen molar-refractivity contribution in [2.75, 3.05) is 13.2 Å². The van der Waals surface area contributed by atoms with Crippen LogP contribution in [0.3, 0.4) is 0 Å². The van der Waals surface area contributed by atoms with Crippen molar-refractivity contribution in [1.82, 2.24) is 20.2 Å². The maximum absolute atomic E-state index is 13.2. The van der Waals surface area contributed by atoms with Gasteiger partial charge in [-0.2, -0.15) is 26.3 Å². The number of amides is 2. The molecule has 0 bridgehead atoms. The Labute approximate surface area is 173 Å². The van der Waals surface area contributed by atoms with Crippen molar-refractivity contribution in [2.24, 2.45) is 0 Å². The summed E-state index contributed by atoms with van der Waals surface area (Å²) in [5.74, 6) is 0.411. The molecule has 172 valence electrons. The predicted molar refractivity (Wildman–Crippen MR) is 99.3 cm³/mol. The molecule has 1 aliphatic rings. The summed E-state index contributed by atoms with van der Waals surface area (Å²) in [7, 11) is 0. The molecule has 12 heteroatoms. The molecule has 1 aliphatic heterocycles. The third-order valence-corrected chi connectivity index (χ3v) is 5.26. The molecule has 3 rings (SSSR count). The summed E-state index contributed by atoms with van der Waals surface area (Å²) >= 11 is 0. The fourth-order valence-electron chi connectivity index (χ4n) is 3.13. The van der Waals surface area contributed by atoms with E-state index in [4.69, 9.17) is 4.74 Å². The van der Waals surface area contributed by atoms with E-state index in [1.807, 2.05) is 5.32 Å². The molecule has 1 fully saturated rings. The minimum absolute atomic E-state index is 0.0370. The SMILES string of the molecule is CC1(C(F)(F)F)CN(Cc2ccc3nc(CCOC(C)(C)C(F)(F)F)[nH]c3c2)C(=O)N1. The zero-order valence-corrected chi connectivity index (χ0v) is 17.0. The smallest absolute Gasteiger partial charge is 0.366 e. The minimum Gasteiger partial charge on any atom is -0.366 e. The van der Waals surface area contributed by atoms with Gasteiger partial charge in [-0.1, -0.05) is 6.07 Å². The van der Waals surface area contributed by atoms with Gasteiger partial charge in [-0.25, -0.2) is 9.78 Å². The number of carbonyl (C=O) groups excluding carboxylic acids is 1. The van der Waals surface area contributed by atoms with Crippen molar-refractivity contribution < 1.29 is 35.9 Å². The van der Waals surface area contributed by atoms with Crippen LogP contribution < -0.4 is 5.32 Å². The number of aromatic amines is 1. The second-order valence-corrected chi connectivity index (χ2v) is 8.26. The van der Waals surface area contributed by atoms with Gasteiger partial charge in [-0.05, 0) is 38.5 Å². The molecule has 2 heterocycles. The number of ether oxygens (including phenoxy) is 1. The Morgan fingerprint density at radius 2 is 1.87 bits per heavy atom. The minimum atomic E-state index is -4.58. The van der Waals surface area contributed by atoms with E-state index < -0.39 is 36.1 Å². The molecule has 1 atom stereocenters. The molecule has 1 saturated heterocycles. The monoisotopic (exact) mass is 452 g/mol. The van der Waals surface area contributed by atoms with E-state index >= 15 is 0 Å². The number of nitrogens with zero attached hydrogens (tertiary/aromatic N) is 2. The van der Waals surface area contributed by atoms with Gasteiger partial charge in [0.05, 0.1) is 24.2 Å². The quantitative estimate of drug-likeness (QED) is 0.642. The summed E-state index contributed by atoms with van der Waals surface area (Å²) in [6.07, 6.45) is -8.97. The zero-order chi connectivity index (χ0) is 23.2. The molecule has 0 aliphatic carbocycles. The van der Waals surface area contributed by atoms with Crippen LogP contribution in [0.5, 0.6) is 0 Å². The first-order valence-electron chi connectivity index (χ1n) is 9.43. The highest BCUT2D eigenvalue weighted by atomic mass is 19.4. The molecule has 0 radical (unpaired) electrons. The highest BCUT2D eigenvalue weighted by molar-refractivity contribution is 5.79. The highest BCUT2D eigenvalue weighted by Gasteiger charge is 2.57. The van der Waals surface area contributed by atoms with Gasteiger partial charge >= 0.3 is 18.4 Å². The number of fused-ring (bicyclic) bond motifs is 1. The van der Waals surface area contributed by atoms with Crippen LogP contribution in [0.4, 0.5) is 31.1 Å². The van der Waals surface area contributed by atoms with E-state index in [-0.39, 0.29) is 19.6 Å². The molecular weight excluding hydrogens is 430 g/mol. The van der Waals surface area contributed by atoms with Crippen molar-refractivity contribution in [3.8, 4) is 0 Å². The summed E-state index contributed by atoms with van der Waals surface area (Å²) < 4.78 is 82.9. The third-order valence-electron chi connectivity index (χ3n) is 5.26. The number of nitrogens with one attached hydrogen (secondary N) is 2. The maximum Gasteiger partial charge on any atom is 0.416 e. The Balaban J connectivity index is 1.66. The van der Waals surface area contributed by atoms with E-state index in [1.54, 1.807) is 18.2 Å². The lowest BCUT2D eigenvalue weighted by atomic mass is 10.0. The van der Waals surface area contributed by atoms with Crippen LogP contribution in [-0.2, 0) is 17.7 Å². The van der Waals surface area contributed by atoms with Crippen molar-refractivity contribution in [2.45, 2.75) is 57.2 Å². The number of imidazole rings is 1. The predicted octanol–water partition coefficient (Wildman–Crippen LogP) is 4.31. The summed E-state index contributed by atoms with van der Waals surface area (Å²) in [6.45, 7) is 2.05. The highest BCUT2D eigenvalue weighted by Crippen LogP contribution is 2.35. The standard InChI is InChI=1S/C19H22F6N4O2/c1-16(2,18(20,21)22)31-7-6-14-26-12-5-4-11(8-13(12)27-14)9-29-10-17(3,19(23,24)25)28-15(29)30/h4-5,8H,6-7,9-10H2,1-3H3,(H,26,27)(H,28,30). The number of alkyl halides is 6. The van der Waals surface area contributed by atoms with Crippen LogP contribution in [0, 0.1) is 0 Å². The largest absolute Gasteiger partial charge is 0.416 e. The molecule has 2 aromatic rings. The van der Waals surface area contributed by atoms with E-state index in [9.17, 15) is 31.1 Å². The Morgan fingerprint density at radius 3 is 2.45 bits per heavy atom. The van der Waals surface area contributed by atoms with Gasteiger partial charge in [-0.3, -0.25) is 0 Å². The first-order chi connectivity index (χ1) is 14.1. The molecule has 0 saturated carbocycles.